The molecule has 4 unspecified atom stereocenters. The molecule has 17 amide bonds. The Bertz CT molecular complexity index is 2820. The van der Waals surface area contributed by atoms with Crippen LogP contribution in [0.3, 0.4) is 0 Å². The predicted octanol–water partition coefficient (Wildman–Crippen LogP) is -11.9. The van der Waals surface area contributed by atoms with E-state index in [4.69, 9.17) is 45.9 Å². The number of nitrogens with zero attached hydrogens (tertiary/aromatic N) is 2. The monoisotopic (exact) mass is 1350 g/mol. The SMILES string of the molecule is CC(C)[C@H](NC(=O)[C@@H]1CCCN1C(=O)[C@H](CC(N)=O)NC(=O)C1CCC(=O)NCCCC[C@H](NC(=O)[C@@H](N)CCC(N)=O)C(=O)NC(CO)C(=O)NC(CCC(N)=O)C(=O)N[C@@H](CCCN=C(N)N)C(=O)NC(CO)C(=O)N[C@@H](CCC(N)=O)C(=O)N[C@@H](C)C(=O)N1)C(N)=O. The standard InChI is InChI=1S/C55H93N21O19/c1-25(2)42(43(61)84)75-53(94)36-10-7-21-76(36)54(95)33(22-40(60)82)72-50(91)32-14-18-41(83)64-19-5-4-8-28(68-45(86)27(56)11-15-37(57)79)47(88)73-35(24-78)52(93)71-31(13-17-39(59)81)49(90)69-29(9-6-20-65-55(62)63)48(89)74-34(23-77)51(92)70-30(12-16-38(58)80)46(87)66-26(3)44(85)67-32/h25-36,42,77-78H,4-24,56H2,1-3H3,(H2,57,79)(H2,58,80)(H2,59,81)(H2,60,82)(H2,61,84)(H,64,83)(H,66,87)(H,67,85)(H,68,86)(H,69,90)(H,70,92)(H,71,93)(H,72,91)(H,73,88)(H,74,89)(H,75,94)(H4,62,63,65)/t26-,27-,28-,29-,30-,31?,32?,33-,34?,35?,36-,42-/m0/s1. The Morgan fingerprint density at radius 1 is 0.589 bits per heavy atom. The van der Waals surface area contributed by atoms with Crippen LogP contribution in [0.5, 0.6) is 0 Å². The van der Waals surface area contributed by atoms with Crippen LogP contribution in [0, 0.1) is 5.92 Å². The van der Waals surface area contributed by atoms with Gasteiger partial charge in [-0.15, -0.1) is 0 Å². The first-order valence-electron chi connectivity index (χ1n) is 30.7. The number of rotatable bonds is 26. The molecule has 2 heterocycles. The molecule has 0 radical (unpaired) electrons. The van der Waals surface area contributed by atoms with Crippen LogP contribution in [0.1, 0.15) is 124 Å². The van der Waals surface area contributed by atoms with Crippen molar-refractivity contribution < 1.29 is 91.7 Å². The zero-order valence-electron chi connectivity index (χ0n) is 53.2. The fraction of sp³-hybridized carbons (Fsp3) is 0.673. The summed E-state index contributed by atoms with van der Waals surface area (Å²) in [6.07, 6.45) is -5.21. The Kier molecular flexibility index (Phi) is 35.0. The van der Waals surface area contributed by atoms with E-state index in [1.807, 2.05) is 0 Å². The fourth-order valence-electron chi connectivity index (χ4n) is 9.61. The summed E-state index contributed by atoms with van der Waals surface area (Å²) in [5.41, 5.74) is 43.8. The number of likely N-dealkylation sites (tertiary alicyclic amines) is 1. The van der Waals surface area contributed by atoms with Gasteiger partial charge in [0, 0.05) is 45.3 Å². The molecule has 0 bridgehead atoms. The molecule has 0 aromatic carbocycles. The van der Waals surface area contributed by atoms with Crippen LogP contribution in [0.2, 0.25) is 0 Å². The maximum Gasteiger partial charge on any atom is 0.246 e. The third-order valence-corrected chi connectivity index (χ3v) is 14.9. The molecule has 40 heteroatoms. The van der Waals surface area contributed by atoms with Crippen molar-refractivity contribution in [2.45, 2.75) is 196 Å². The Hall–Kier alpha value is -9.86. The first kappa shape index (κ1) is 81.2. The summed E-state index contributed by atoms with van der Waals surface area (Å²) in [7, 11) is 0. The zero-order chi connectivity index (χ0) is 71.8. The van der Waals surface area contributed by atoms with E-state index in [1.165, 1.54) is 0 Å². The molecule has 2 fully saturated rings. The molecule has 12 atom stereocenters. The highest BCUT2D eigenvalue weighted by atomic mass is 16.3. The summed E-state index contributed by atoms with van der Waals surface area (Å²) in [6, 6.07) is -19.8. The van der Waals surface area contributed by atoms with Crippen molar-refractivity contribution in [1.29, 1.82) is 0 Å². The average Bonchev–Trinajstić information content (AvgIpc) is 1.78. The van der Waals surface area contributed by atoms with E-state index < -0.39 is 237 Å². The van der Waals surface area contributed by atoms with E-state index in [1.54, 1.807) is 13.8 Å². The van der Waals surface area contributed by atoms with E-state index in [9.17, 15) is 91.7 Å². The summed E-state index contributed by atoms with van der Waals surface area (Å²) in [6.45, 7) is 1.60. The second-order valence-corrected chi connectivity index (χ2v) is 23.0. The lowest BCUT2D eigenvalue weighted by atomic mass is 10.0. The molecule has 2 aliphatic heterocycles. The van der Waals surface area contributed by atoms with Gasteiger partial charge in [-0.3, -0.25) is 86.5 Å². The third kappa shape index (κ3) is 29.3. The van der Waals surface area contributed by atoms with Crippen molar-refractivity contribution in [2.75, 3.05) is 32.8 Å². The molecule has 0 aromatic rings. The van der Waals surface area contributed by atoms with Gasteiger partial charge in [0.25, 0.3) is 0 Å². The highest BCUT2D eigenvalue weighted by molar-refractivity contribution is 6.00. The van der Waals surface area contributed by atoms with Crippen LogP contribution in [0.15, 0.2) is 4.99 Å². The van der Waals surface area contributed by atoms with Crippen molar-refractivity contribution in [3.05, 3.63) is 0 Å². The van der Waals surface area contributed by atoms with Gasteiger partial charge in [0.2, 0.25) is 100 Å². The van der Waals surface area contributed by atoms with Gasteiger partial charge in [0.15, 0.2) is 5.96 Å². The van der Waals surface area contributed by atoms with E-state index >= 15 is 0 Å². The second kappa shape index (κ2) is 41.0. The largest absolute Gasteiger partial charge is 0.394 e. The summed E-state index contributed by atoms with van der Waals surface area (Å²) in [5.74, 6) is -18.6. The minimum Gasteiger partial charge on any atom is -0.394 e. The molecule has 95 heavy (non-hydrogen) atoms. The summed E-state index contributed by atoms with van der Waals surface area (Å²) in [4.78, 5) is 232. The van der Waals surface area contributed by atoms with Crippen LogP contribution >= 0.6 is 0 Å². The van der Waals surface area contributed by atoms with Crippen LogP contribution in [-0.2, 0) is 81.5 Å². The van der Waals surface area contributed by atoms with Gasteiger partial charge in [-0.05, 0) is 83.5 Å². The molecule has 0 aliphatic carbocycles. The number of guanidine groups is 1. The number of hydrogen-bond acceptors (Lipinski definition) is 21. The van der Waals surface area contributed by atoms with Crippen molar-refractivity contribution in [3.63, 3.8) is 0 Å². The normalized spacial score (nSPS) is 23.7. The predicted molar refractivity (Wildman–Crippen MR) is 331 cm³/mol. The lowest BCUT2D eigenvalue weighted by Gasteiger charge is -2.30. The molecule has 0 aromatic heterocycles. The van der Waals surface area contributed by atoms with Gasteiger partial charge < -0.3 is 119 Å². The van der Waals surface area contributed by atoms with Gasteiger partial charge in [-0.2, -0.15) is 0 Å². The second-order valence-electron chi connectivity index (χ2n) is 23.0. The highest BCUT2D eigenvalue weighted by Gasteiger charge is 2.41. The molecule has 29 N–H and O–H groups in total. The maximum absolute atomic E-state index is 14.4. The molecule has 2 rings (SSSR count). The number of carbonyl (C=O) groups excluding carboxylic acids is 17. The van der Waals surface area contributed by atoms with Gasteiger partial charge in [0.05, 0.1) is 25.7 Å². The first-order chi connectivity index (χ1) is 44.6. The molecule has 532 valence electrons. The van der Waals surface area contributed by atoms with Crippen molar-refractivity contribution in [1.82, 2.24) is 63.4 Å². The van der Waals surface area contributed by atoms with Crippen LogP contribution < -0.4 is 104 Å². The summed E-state index contributed by atoms with van der Waals surface area (Å²) < 4.78 is 0. The van der Waals surface area contributed by atoms with Gasteiger partial charge in [0.1, 0.15) is 66.5 Å². The van der Waals surface area contributed by atoms with Crippen molar-refractivity contribution in [2.24, 2.45) is 56.8 Å². The average molecular weight is 1350 g/mol. The number of aliphatic hydroxyl groups excluding tert-OH is 2. The molecule has 0 saturated carbocycles. The molecular formula is C55H93N21O19. The molecule has 2 saturated heterocycles. The molecule has 2 aliphatic rings. The quantitative estimate of drug-likeness (QED) is 0.0217. The topological polar surface area (TPSA) is 687 Å². The minimum atomic E-state index is -1.97. The van der Waals surface area contributed by atoms with Gasteiger partial charge in [-0.25, -0.2) is 0 Å². The number of carbonyl (C=O) groups is 17. The van der Waals surface area contributed by atoms with Crippen molar-refractivity contribution >= 4 is 106 Å². The van der Waals surface area contributed by atoms with Crippen molar-refractivity contribution in [3.8, 4) is 0 Å². The fourth-order valence-corrected chi connectivity index (χ4v) is 9.61. The Balaban J connectivity index is 2.76. The number of amides is 17. The number of aliphatic imine (C=N–C) groups is 1. The number of hydrogen-bond donors (Lipinski definition) is 21. The molecule has 40 nitrogen and oxygen atoms in total. The van der Waals surface area contributed by atoms with E-state index in [-0.39, 0.29) is 83.4 Å². The Labute approximate surface area is 545 Å². The van der Waals surface area contributed by atoms with Crippen LogP contribution in [0.25, 0.3) is 0 Å². The third-order valence-electron chi connectivity index (χ3n) is 14.9. The smallest absolute Gasteiger partial charge is 0.246 e. The van der Waals surface area contributed by atoms with Gasteiger partial charge in [-0.1, -0.05) is 13.8 Å². The highest BCUT2D eigenvalue weighted by Crippen LogP contribution is 2.21. The minimum absolute atomic E-state index is 0.00367. The van der Waals surface area contributed by atoms with Crippen LogP contribution in [-0.4, -0.2) is 227 Å². The van der Waals surface area contributed by atoms with E-state index in [0.29, 0.717) is 0 Å². The first-order valence-corrected chi connectivity index (χ1v) is 30.7. The Morgan fingerprint density at radius 3 is 1.61 bits per heavy atom. The lowest BCUT2D eigenvalue weighted by Crippen LogP contribution is -2.61. The summed E-state index contributed by atoms with van der Waals surface area (Å²) in [5, 5.41) is 46.7. The number of nitrogens with one attached hydrogen (secondary N) is 11. The maximum atomic E-state index is 14.4. The lowest BCUT2D eigenvalue weighted by molar-refractivity contribution is -0.143. The summed E-state index contributed by atoms with van der Waals surface area (Å²) >= 11 is 0. The van der Waals surface area contributed by atoms with E-state index in [2.05, 4.69) is 63.5 Å². The van der Waals surface area contributed by atoms with Crippen LogP contribution in [0.4, 0.5) is 0 Å². The number of primary amides is 5. The number of nitrogens with two attached hydrogens (primary N) is 8. The molecular weight excluding hydrogens is 1260 g/mol. The Morgan fingerprint density at radius 2 is 1.11 bits per heavy atom. The number of aliphatic hydroxyl groups is 2. The van der Waals surface area contributed by atoms with Gasteiger partial charge >= 0.3 is 0 Å². The molecule has 0 spiro atoms. The van der Waals surface area contributed by atoms with E-state index in [0.717, 1.165) is 11.8 Å². The zero-order valence-corrected chi connectivity index (χ0v) is 53.2.